The van der Waals surface area contributed by atoms with Gasteiger partial charge >= 0.3 is 0 Å². The van der Waals surface area contributed by atoms with Crippen molar-refractivity contribution in [3.63, 3.8) is 0 Å². The number of carbonyl (C=O) groups is 1. The Kier molecular flexibility index (Phi) is 3.76. The van der Waals surface area contributed by atoms with Crippen LogP contribution in [0.4, 0.5) is 10.1 Å². The lowest BCUT2D eigenvalue weighted by Gasteiger charge is -2.29. The first kappa shape index (κ1) is 16.1. The first-order valence-corrected chi connectivity index (χ1v) is 8.41. The zero-order valence-corrected chi connectivity index (χ0v) is 14.2. The topological polar surface area (TPSA) is 76.4 Å². The lowest BCUT2D eigenvalue weighted by atomic mass is 10.0. The van der Waals surface area contributed by atoms with E-state index >= 15 is 0 Å². The average Bonchev–Trinajstić information content (AvgIpc) is 3.21. The summed E-state index contributed by atoms with van der Waals surface area (Å²) in [6.45, 7) is 5.27. The fourth-order valence-electron chi connectivity index (χ4n) is 2.88. The first-order valence-electron chi connectivity index (χ1n) is 8.41. The number of ether oxygens (including phenoxy) is 1. The van der Waals surface area contributed by atoms with E-state index in [-0.39, 0.29) is 18.9 Å². The van der Waals surface area contributed by atoms with Crippen LogP contribution in [0.5, 0.6) is 5.75 Å². The van der Waals surface area contributed by atoms with Crippen molar-refractivity contribution >= 4 is 11.6 Å². The van der Waals surface area contributed by atoms with Crippen LogP contribution in [-0.4, -0.2) is 35.9 Å². The lowest BCUT2D eigenvalue weighted by molar-refractivity contribution is -0.122. The maximum atomic E-state index is 13.9. The molecule has 2 aliphatic rings. The van der Waals surface area contributed by atoms with Gasteiger partial charge in [0.2, 0.25) is 0 Å². The van der Waals surface area contributed by atoms with Crippen molar-refractivity contribution in [2.45, 2.75) is 38.5 Å². The number of halogens is 1. The van der Waals surface area contributed by atoms with Crippen molar-refractivity contribution < 1.29 is 18.4 Å². The van der Waals surface area contributed by atoms with Crippen molar-refractivity contribution in [3.05, 3.63) is 29.7 Å². The molecule has 0 unspecified atom stereocenters. The summed E-state index contributed by atoms with van der Waals surface area (Å²) in [5.74, 6) is 0.774. The van der Waals surface area contributed by atoms with Gasteiger partial charge in [-0.15, -0.1) is 0 Å². The van der Waals surface area contributed by atoms with Gasteiger partial charge in [-0.1, -0.05) is 5.16 Å². The van der Waals surface area contributed by atoms with E-state index in [9.17, 15) is 9.18 Å². The van der Waals surface area contributed by atoms with E-state index < -0.39 is 11.6 Å². The number of nitrogens with zero attached hydrogens (tertiary/aromatic N) is 1. The number of alkyl halides is 1. The SMILES string of the molecule is Cc1noc(C)c1-c1cc(NC(=O)C2(F)CC2)ccc1OC1CNC1. The number of hydrogen-bond acceptors (Lipinski definition) is 5. The number of anilines is 1. The van der Waals surface area contributed by atoms with E-state index in [4.69, 9.17) is 9.26 Å². The number of amides is 1. The Labute approximate surface area is 144 Å². The van der Waals surface area contributed by atoms with Gasteiger partial charge in [0.25, 0.3) is 5.91 Å². The summed E-state index contributed by atoms with van der Waals surface area (Å²) < 4.78 is 25.2. The van der Waals surface area contributed by atoms with Gasteiger partial charge in [0.15, 0.2) is 5.67 Å². The average molecular weight is 345 g/mol. The molecule has 2 aromatic rings. The zero-order valence-electron chi connectivity index (χ0n) is 14.2. The first-order chi connectivity index (χ1) is 12.0. The molecule has 1 saturated carbocycles. The highest BCUT2D eigenvalue weighted by Crippen LogP contribution is 2.42. The van der Waals surface area contributed by atoms with Crippen LogP contribution in [0.3, 0.4) is 0 Å². The maximum Gasteiger partial charge on any atom is 0.262 e. The number of nitrogens with one attached hydrogen (secondary N) is 2. The largest absolute Gasteiger partial charge is 0.487 e. The van der Waals surface area contributed by atoms with Crippen LogP contribution >= 0.6 is 0 Å². The van der Waals surface area contributed by atoms with Crippen molar-refractivity contribution in [3.8, 4) is 16.9 Å². The number of hydrogen-bond donors (Lipinski definition) is 2. The van der Waals surface area contributed by atoms with E-state index in [1.54, 1.807) is 18.2 Å². The molecule has 0 atom stereocenters. The second kappa shape index (κ2) is 5.84. The Morgan fingerprint density at radius 1 is 1.40 bits per heavy atom. The van der Waals surface area contributed by atoms with Crippen LogP contribution in [0.25, 0.3) is 11.1 Å². The summed E-state index contributed by atoms with van der Waals surface area (Å²) in [4.78, 5) is 12.0. The Morgan fingerprint density at radius 3 is 2.72 bits per heavy atom. The van der Waals surface area contributed by atoms with E-state index in [2.05, 4.69) is 15.8 Å². The van der Waals surface area contributed by atoms with Crippen LogP contribution in [0.15, 0.2) is 22.7 Å². The van der Waals surface area contributed by atoms with Crippen LogP contribution in [0.2, 0.25) is 0 Å². The minimum absolute atomic E-state index is 0.111. The van der Waals surface area contributed by atoms with E-state index in [1.165, 1.54) is 0 Å². The molecule has 25 heavy (non-hydrogen) atoms. The molecule has 1 saturated heterocycles. The van der Waals surface area contributed by atoms with Crippen LogP contribution in [-0.2, 0) is 4.79 Å². The second-order valence-electron chi connectivity index (χ2n) is 6.73. The van der Waals surface area contributed by atoms with Gasteiger partial charge in [-0.25, -0.2) is 4.39 Å². The molecule has 0 bridgehead atoms. The van der Waals surface area contributed by atoms with Gasteiger partial charge in [0.05, 0.1) is 11.3 Å². The third-order valence-corrected chi connectivity index (χ3v) is 4.67. The molecule has 0 spiro atoms. The van der Waals surface area contributed by atoms with Crippen LogP contribution in [0, 0.1) is 13.8 Å². The third-order valence-electron chi connectivity index (χ3n) is 4.67. The minimum Gasteiger partial charge on any atom is -0.487 e. The Balaban J connectivity index is 1.68. The lowest BCUT2D eigenvalue weighted by Crippen LogP contribution is -2.50. The maximum absolute atomic E-state index is 13.9. The summed E-state index contributed by atoms with van der Waals surface area (Å²) in [5.41, 5.74) is 1.17. The van der Waals surface area contributed by atoms with E-state index in [1.807, 2.05) is 13.8 Å². The van der Waals surface area contributed by atoms with E-state index in [0.29, 0.717) is 17.2 Å². The Hall–Kier alpha value is -2.41. The van der Waals surface area contributed by atoms with Gasteiger partial charge in [0.1, 0.15) is 17.6 Å². The molecule has 132 valence electrons. The molecule has 0 radical (unpaired) electrons. The predicted molar refractivity (Wildman–Crippen MR) is 90.4 cm³/mol. The monoisotopic (exact) mass is 345 g/mol. The number of aromatic nitrogens is 1. The molecule has 1 aliphatic carbocycles. The number of benzene rings is 1. The predicted octanol–water partition coefficient (Wildman–Crippen LogP) is 2.75. The zero-order chi connectivity index (χ0) is 17.6. The highest BCUT2D eigenvalue weighted by molar-refractivity contribution is 6.00. The second-order valence-corrected chi connectivity index (χ2v) is 6.73. The smallest absolute Gasteiger partial charge is 0.262 e. The summed E-state index contributed by atoms with van der Waals surface area (Å²) in [6.07, 6.45) is 0.678. The van der Waals surface area contributed by atoms with Crippen molar-refractivity contribution in [1.82, 2.24) is 10.5 Å². The van der Waals surface area contributed by atoms with Gasteiger partial charge in [0, 0.05) is 24.3 Å². The molecule has 1 aliphatic heterocycles. The molecule has 2 heterocycles. The van der Waals surface area contributed by atoms with Gasteiger partial charge in [-0.3, -0.25) is 4.79 Å². The Bertz CT molecular complexity index is 805. The molecule has 1 aromatic heterocycles. The summed E-state index contributed by atoms with van der Waals surface area (Å²) in [5, 5.41) is 9.82. The number of rotatable bonds is 5. The molecule has 7 heteroatoms. The number of carbonyl (C=O) groups excluding carboxylic acids is 1. The quantitative estimate of drug-likeness (QED) is 0.871. The van der Waals surface area contributed by atoms with E-state index in [0.717, 1.165) is 29.9 Å². The van der Waals surface area contributed by atoms with Crippen molar-refractivity contribution in [2.75, 3.05) is 18.4 Å². The molecule has 1 amide bonds. The van der Waals surface area contributed by atoms with Gasteiger partial charge < -0.3 is 19.9 Å². The summed E-state index contributed by atoms with van der Waals surface area (Å²) in [6, 6.07) is 5.32. The Morgan fingerprint density at radius 2 is 2.16 bits per heavy atom. The minimum atomic E-state index is -1.71. The molecule has 2 N–H and O–H groups in total. The van der Waals surface area contributed by atoms with Crippen molar-refractivity contribution in [2.24, 2.45) is 0 Å². The normalized spacial score (nSPS) is 18.5. The molecular formula is C18H20FN3O3. The summed E-state index contributed by atoms with van der Waals surface area (Å²) in [7, 11) is 0. The van der Waals surface area contributed by atoms with Gasteiger partial charge in [-0.2, -0.15) is 0 Å². The standard InChI is InChI=1S/C18H20FN3O3/c1-10-16(11(2)25-22-10)14-7-12(21-17(23)18(19)5-6-18)3-4-15(14)24-13-8-20-9-13/h3-4,7,13,20H,5-6,8-9H2,1-2H3,(H,21,23). The molecule has 2 fully saturated rings. The van der Waals surface area contributed by atoms with Crippen molar-refractivity contribution in [1.29, 1.82) is 0 Å². The highest BCUT2D eigenvalue weighted by Gasteiger charge is 2.50. The fourth-order valence-corrected chi connectivity index (χ4v) is 2.88. The fraction of sp³-hybridized carbons (Fsp3) is 0.444. The highest BCUT2D eigenvalue weighted by atomic mass is 19.1. The third kappa shape index (κ3) is 3.00. The van der Waals surface area contributed by atoms with Crippen LogP contribution in [0.1, 0.15) is 24.3 Å². The summed E-state index contributed by atoms with van der Waals surface area (Å²) >= 11 is 0. The van der Waals surface area contributed by atoms with Crippen LogP contribution < -0.4 is 15.4 Å². The van der Waals surface area contributed by atoms with Gasteiger partial charge in [-0.05, 0) is 44.9 Å². The molecular weight excluding hydrogens is 325 g/mol. The molecule has 6 nitrogen and oxygen atoms in total. The molecule has 1 aromatic carbocycles. The number of aryl methyl sites for hydroxylation is 2. The molecule has 4 rings (SSSR count).